The third-order valence-corrected chi connectivity index (χ3v) is 3.67. The number of nitrogens with one attached hydrogen (secondary N) is 1. The highest BCUT2D eigenvalue weighted by Crippen LogP contribution is 2.14. The molecule has 0 spiro atoms. The van der Waals surface area contributed by atoms with Crippen LogP contribution in [0.2, 0.25) is 0 Å². The summed E-state index contributed by atoms with van der Waals surface area (Å²) in [5, 5.41) is 12.9. The molecule has 0 aromatic carbocycles. The number of carboxylic acid groups (broad SMARTS) is 1. The largest absolute Gasteiger partial charge is 0.480 e. The molecule has 0 radical (unpaired) electrons. The minimum Gasteiger partial charge on any atom is -0.480 e. The van der Waals surface area contributed by atoms with Gasteiger partial charge in [0.2, 0.25) is 0 Å². The maximum atomic E-state index is 11.4. The Hall–Kier alpha value is -0.610. The van der Waals surface area contributed by atoms with Gasteiger partial charge in [-0.05, 0) is 38.8 Å². The SMILES string of the molecule is CCCC(C(=O)O)N(CCC)CC1CCCCN1. The van der Waals surface area contributed by atoms with Gasteiger partial charge in [-0.15, -0.1) is 0 Å². The van der Waals surface area contributed by atoms with Crippen molar-refractivity contribution in [2.45, 2.75) is 64.5 Å². The first kappa shape index (κ1) is 15.4. The van der Waals surface area contributed by atoms with Gasteiger partial charge in [0.1, 0.15) is 6.04 Å². The number of carboxylic acids is 1. The Morgan fingerprint density at radius 3 is 2.67 bits per heavy atom. The second-order valence-corrected chi connectivity index (χ2v) is 5.28. The standard InChI is InChI=1S/C14H28N2O2/c1-3-7-13(14(17)18)16(10-4-2)11-12-8-5-6-9-15-12/h12-13,15H,3-11H2,1-2H3,(H,17,18). The lowest BCUT2D eigenvalue weighted by molar-refractivity contribution is -0.143. The van der Waals surface area contributed by atoms with Gasteiger partial charge in [0.25, 0.3) is 0 Å². The first-order chi connectivity index (χ1) is 8.69. The Morgan fingerprint density at radius 2 is 2.17 bits per heavy atom. The van der Waals surface area contributed by atoms with Gasteiger partial charge in [-0.2, -0.15) is 0 Å². The molecule has 4 nitrogen and oxygen atoms in total. The van der Waals surface area contributed by atoms with E-state index in [4.69, 9.17) is 0 Å². The molecule has 1 rings (SSSR count). The zero-order valence-corrected chi connectivity index (χ0v) is 11.8. The quantitative estimate of drug-likeness (QED) is 0.698. The number of piperidine rings is 1. The number of hydrogen-bond donors (Lipinski definition) is 2. The van der Waals surface area contributed by atoms with Gasteiger partial charge in [-0.3, -0.25) is 9.69 Å². The summed E-state index contributed by atoms with van der Waals surface area (Å²) >= 11 is 0. The molecule has 1 saturated heterocycles. The summed E-state index contributed by atoms with van der Waals surface area (Å²) in [5.74, 6) is -0.666. The van der Waals surface area contributed by atoms with E-state index in [9.17, 15) is 9.90 Å². The van der Waals surface area contributed by atoms with Crippen LogP contribution in [0, 0.1) is 0 Å². The van der Waals surface area contributed by atoms with Crippen LogP contribution in [-0.2, 0) is 4.79 Å². The Bertz CT molecular complexity index is 240. The molecule has 1 heterocycles. The summed E-state index contributed by atoms with van der Waals surface area (Å²) in [5.41, 5.74) is 0. The molecule has 106 valence electrons. The minimum atomic E-state index is -0.666. The Kier molecular flexibility index (Phi) is 7.28. The molecule has 0 aromatic heterocycles. The van der Waals surface area contributed by atoms with E-state index in [0.29, 0.717) is 6.04 Å². The molecule has 2 N–H and O–H groups in total. The van der Waals surface area contributed by atoms with Crippen molar-refractivity contribution in [2.75, 3.05) is 19.6 Å². The smallest absolute Gasteiger partial charge is 0.320 e. The fourth-order valence-corrected chi connectivity index (χ4v) is 2.76. The monoisotopic (exact) mass is 256 g/mol. The van der Waals surface area contributed by atoms with Crippen LogP contribution < -0.4 is 5.32 Å². The van der Waals surface area contributed by atoms with E-state index in [1.807, 2.05) is 0 Å². The highest BCUT2D eigenvalue weighted by atomic mass is 16.4. The van der Waals surface area contributed by atoms with Crippen molar-refractivity contribution in [1.82, 2.24) is 10.2 Å². The number of hydrogen-bond acceptors (Lipinski definition) is 3. The van der Waals surface area contributed by atoms with Crippen LogP contribution in [-0.4, -0.2) is 47.7 Å². The summed E-state index contributed by atoms with van der Waals surface area (Å²) in [6, 6.07) is 0.169. The summed E-state index contributed by atoms with van der Waals surface area (Å²) in [7, 11) is 0. The topological polar surface area (TPSA) is 52.6 Å². The molecule has 18 heavy (non-hydrogen) atoms. The molecule has 0 aromatic rings. The first-order valence-corrected chi connectivity index (χ1v) is 7.39. The van der Waals surface area contributed by atoms with Gasteiger partial charge in [0.05, 0.1) is 0 Å². The fourth-order valence-electron chi connectivity index (χ4n) is 2.76. The average Bonchev–Trinajstić information content (AvgIpc) is 2.36. The van der Waals surface area contributed by atoms with E-state index in [-0.39, 0.29) is 6.04 Å². The van der Waals surface area contributed by atoms with E-state index in [2.05, 4.69) is 24.1 Å². The summed E-state index contributed by atoms with van der Waals surface area (Å²) in [6.07, 6.45) is 6.39. The Balaban J connectivity index is 2.57. The Labute approximate surface area is 111 Å². The van der Waals surface area contributed by atoms with E-state index in [1.165, 1.54) is 19.3 Å². The van der Waals surface area contributed by atoms with Gasteiger partial charge in [0, 0.05) is 12.6 Å². The molecule has 1 aliphatic heterocycles. The van der Waals surface area contributed by atoms with Gasteiger partial charge in [-0.25, -0.2) is 0 Å². The summed E-state index contributed by atoms with van der Waals surface area (Å²) < 4.78 is 0. The van der Waals surface area contributed by atoms with Crippen LogP contribution in [0.5, 0.6) is 0 Å². The first-order valence-electron chi connectivity index (χ1n) is 7.39. The fraction of sp³-hybridized carbons (Fsp3) is 0.929. The number of nitrogens with zero attached hydrogens (tertiary/aromatic N) is 1. The second-order valence-electron chi connectivity index (χ2n) is 5.28. The predicted molar refractivity (Wildman–Crippen MR) is 73.8 cm³/mol. The van der Waals surface area contributed by atoms with Crippen LogP contribution in [0.15, 0.2) is 0 Å². The molecule has 0 amide bonds. The van der Waals surface area contributed by atoms with Gasteiger partial charge in [0.15, 0.2) is 0 Å². The summed E-state index contributed by atoms with van der Waals surface area (Å²) in [6.45, 7) is 7.02. The van der Waals surface area contributed by atoms with Crippen LogP contribution in [0.1, 0.15) is 52.4 Å². The number of carbonyl (C=O) groups is 1. The highest BCUT2D eigenvalue weighted by Gasteiger charge is 2.26. The van der Waals surface area contributed by atoms with Crippen molar-refractivity contribution in [1.29, 1.82) is 0 Å². The molecule has 0 aliphatic carbocycles. The molecule has 0 bridgehead atoms. The minimum absolute atomic E-state index is 0.307. The van der Waals surface area contributed by atoms with Crippen LogP contribution in [0.3, 0.4) is 0 Å². The number of aliphatic carboxylic acids is 1. The van der Waals surface area contributed by atoms with Crippen molar-refractivity contribution in [3.8, 4) is 0 Å². The van der Waals surface area contributed by atoms with Crippen molar-refractivity contribution >= 4 is 5.97 Å². The van der Waals surface area contributed by atoms with E-state index in [1.54, 1.807) is 0 Å². The Morgan fingerprint density at radius 1 is 1.39 bits per heavy atom. The molecule has 4 heteroatoms. The number of rotatable bonds is 8. The normalized spacial score (nSPS) is 22.1. The molecular formula is C14H28N2O2. The predicted octanol–water partition coefficient (Wildman–Crippen LogP) is 2.09. The lowest BCUT2D eigenvalue weighted by atomic mass is 10.0. The summed E-state index contributed by atoms with van der Waals surface area (Å²) in [4.78, 5) is 13.5. The maximum absolute atomic E-state index is 11.4. The van der Waals surface area contributed by atoms with Crippen molar-refractivity contribution in [3.63, 3.8) is 0 Å². The van der Waals surface area contributed by atoms with Gasteiger partial charge in [-0.1, -0.05) is 26.7 Å². The zero-order valence-electron chi connectivity index (χ0n) is 11.8. The molecular weight excluding hydrogens is 228 g/mol. The van der Waals surface area contributed by atoms with Gasteiger partial charge >= 0.3 is 5.97 Å². The van der Waals surface area contributed by atoms with E-state index in [0.717, 1.165) is 38.9 Å². The molecule has 2 atom stereocenters. The second kappa shape index (κ2) is 8.48. The van der Waals surface area contributed by atoms with E-state index >= 15 is 0 Å². The van der Waals surface area contributed by atoms with Crippen LogP contribution in [0.4, 0.5) is 0 Å². The molecule has 1 fully saturated rings. The van der Waals surface area contributed by atoms with Crippen molar-refractivity contribution in [3.05, 3.63) is 0 Å². The van der Waals surface area contributed by atoms with Gasteiger partial charge < -0.3 is 10.4 Å². The molecule has 2 unspecified atom stereocenters. The highest BCUT2D eigenvalue weighted by molar-refractivity contribution is 5.73. The third kappa shape index (κ3) is 4.94. The van der Waals surface area contributed by atoms with Crippen molar-refractivity contribution in [2.24, 2.45) is 0 Å². The lowest BCUT2D eigenvalue weighted by Crippen LogP contribution is -2.50. The zero-order chi connectivity index (χ0) is 13.4. The van der Waals surface area contributed by atoms with Crippen molar-refractivity contribution < 1.29 is 9.90 Å². The van der Waals surface area contributed by atoms with Crippen LogP contribution in [0.25, 0.3) is 0 Å². The molecule has 1 aliphatic rings. The lowest BCUT2D eigenvalue weighted by Gasteiger charge is -2.34. The van der Waals surface area contributed by atoms with Crippen LogP contribution >= 0.6 is 0 Å². The average molecular weight is 256 g/mol. The third-order valence-electron chi connectivity index (χ3n) is 3.67. The van der Waals surface area contributed by atoms with E-state index < -0.39 is 5.97 Å². The molecule has 0 saturated carbocycles. The maximum Gasteiger partial charge on any atom is 0.320 e.